The highest BCUT2D eigenvalue weighted by Gasteiger charge is 2.25. The summed E-state index contributed by atoms with van der Waals surface area (Å²) in [4.78, 5) is 27.8. The minimum atomic E-state index is -0.284. The third kappa shape index (κ3) is 3.84. The van der Waals surface area contributed by atoms with Crippen molar-refractivity contribution in [3.8, 4) is 0 Å². The van der Waals surface area contributed by atoms with Crippen molar-refractivity contribution in [2.45, 2.75) is 50.7 Å². The van der Waals surface area contributed by atoms with Crippen LogP contribution in [0.25, 0.3) is 16.0 Å². The summed E-state index contributed by atoms with van der Waals surface area (Å²) < 4.78 is 8.78. The van der Waals surface area contributed by atoms with Gasteiger partial charge in [-0.1, -0.05) is 42.1 Å². The van der Waals surface area contributed by atoms with Gasteiger partial charge in [-0.15, -0.1) is 21.5 Å². The van der Waals surface area contributed by atoms with E-state index in [0.29, 0.717) is 24.1 Å². The number of carbonyl (C=O) groups excluding carboxylic acids is 1. The number of benzene rings is 1. The van der Waals surface area contributed by atoms with Crippen LogP contribution >= 0.6 is 23.1 Å². The second kappa shape index (κ2) is 9.07. The molecule has 0 radical (unpaired) electrons. The van der Waals surface area contributed by atoms with Crippen molar-refractivity contribution in [1.82, 2.24) is 19.2 Å². The number of thiophene rings is 1. The molecule has 0 amide bonds. The highest BCUT2D eigenvalue weighted by atomic mass is 32.2. The Morgan fingerprint density at radius 2 is 2.00 bits per heavy atom. The van der Waals surface area contributed by atoms with Gasteiger partial charge < -0.3 is 4.74 Å². The fourth-order valence-electron chi connectivity index (χ4n) is 4.28. The number of aryl methyl sites for hydroxylation is 4. The van der Waals surface area contributed by atoms with Crippen molar-refractivity contribution >= 4 is 45.1 Å². The molecular weight excluding hydrogens is 444 g/mol. The van der Waals surface area contributed by atoms with E-state index in [2.05, 4.69) is 22.3 Å². The van der Waals surface area contributed by atoms with Gasteiger partial charge in [-0.05, 0) is 50.2 Å². The smallest absolute Gasteiger partial charge is 0.316 e. The van der Waals surface area contributed by atoms with E-state index in [1.165, 1.54) is 27.8 Å². The normalized spacial score (nSPS) is 13.5. The summed E-state index contributed by atoms with van der Waals surface area (Å²) in [5.74, 6) is 0.404. The van der Waals surface area contributed by atoms with Crippen LogP contribution in [0, 0.1) is 0 Å². The first-order valence-corrected chi connectivity index (χ1v) is 12.7. The van der Waals surface area contributed by atoms with Crippen LogP contribution < -0.4 is 5.56 Å². The molecule has 0 saturated carbocycles. The number of aromatic nitrogens is 4. The Morgan fingerprint density at radius 3 is 2.81 bits per heavy atom. The Labute approximate surface area is 193 Å². The summed E-state index contributed by atoms with van der Waals surface area (Å²) in [7, 11) is 0. The monoisotopic (exact) mass is 468 g/mol. The molecule has 7 nitrogen and oxygen atoms in total. The molecule has 0 bridgehead atoms. The number of thioether (sulfide) groups is 1. The zero-order valence-corrected chi connectivity index (χ0v) is 19.5. The predicted molar refractivity (Wildman–Crippen MR) is 127 cm³/mol. The molecule has 4 aromatic rings. The van der Waals surface area contributed by atoms with Crippen LogP contribution in [0.5, 0.6) is 0 Å². The molecular formula is C23H24N4O3S2. The number of rotatable bonds is 7. The molecule has 0 N–H and O–H groups in total. The average Bonchev–Trinajstić information content (AvgIpc) is 3.40. The Morgan fingerprint density at radius 1 is 1.19 bits per heavy atom. The van der Waals surface area contributed by atoms with Crippen molar-refractivity contribution in [3.05, 3.63) is 56.7 Å². The lowest BCUT2D eigenvalue weighted by molar-refractivity contribution is -0.139. The van der Waals surface area contributed by atoms with Crippen molar-refractivity contribution < 1.29 is 9.53 Å². The summed E-state index contributed by atoms with van der Waals surface area (Å²) in [5, 5.41) is 10.1. The lowest BCUT2D eigenvalue weighted by Gasteiger charge is -2.12. The van der Waals surface area contributed by atoms with E-state index in [4.69, 9.17) is 4.74 Å². The Balaban J connectivity index is 1.63. The molecule has 3 aromatic heterocycles. The highest BCUT2D eigenvalue weighted by molar-refractivity contribution is 7.99. The summed E-state index contributed by atoms with van der Waals surface area (Å²) in [5.41, 5.74) is 2.37. The SMILES string of the molecule is CCOC(=O)CSc1nnc2n(CCc3ccccc3)c(=O)c3c4c(sc3n12)CCCC4. The van der Waals surface area contributed by atoms with Crippen LogP contribution in [0.4, 0.5) is 0 Å². The average molecular weight is 469 g/mol. The third-order valence-corrected chi connectivity index (χ3v) is 7.94. The van der Waals surface area contributed by atoms with Gasteiger partial charge in [0.1, 0.15) is 4.83 Å². The zero-order chi connectivity index (χ0) is 22.1. The summed E-state index contributed by atoms with van der Waals surface area (Å²) >= 11 is 2.97. The first-order valence-electron chi connectivity index (χ1n) is 10.9. The van der Waals surface area contributed by atoms with Crippen molar-refractivity contribution in [1.29, 1.82) is 0 Å². The third-order valence-electron chi connectivity index (χ3n) is 5.76. The number of carbonyl (C=O) groups is 1. The van der Waals surface area contributed by atoms with Gasteiger partial charge in [0, 0.05) is 11.4 Å². The van der Waals surface area contributed by atoms with Crippen molar-refractivity contribution in [2.24, 2.45) is 0 Å². The van der Waals surface area contributed by atoms with Crippen LogP contribution in [-0.4, -0.2) is 37.5 Å². The van der Waals surface area contributed by atoms with E-state index in [1.807, 2.05) is 22.6 Å². The fourth-order valence-corrected chi connectivity index (χ4v) is 6.44. The van der Waals surface area contributed by atoms with E-state index >= 15 is 0 Å². The van der Waals surface area contributed by atoms with Gasteiger partial charge in [-0.2, -0.15) is 0 Å². The summed E-state index contributed by atoms with van der Waals surface area (Å²) in [6, 6.07) is 10.1. The molecule has 0 atom stereocenters. The Kier molecular flexibility index (Phi) is 6.01. The van der Waals surface area contributed by atoms with Crippen LogP contribution in [0.15, 0.2) is 40.3 Å². The van der Waals surface area contributed by atoms with E-state index in [9.17, 15) is 9.59 Å². The highest BCUT2D eigenvalue weighted by Crippen LogP contribution is 2.36. The number of hydrogen-bond donors (Lipinski definition) is 0. The molecule has 1 aromatic carbocycles. The number of esters is 1. The van der Waals surface area contributed by atoms with Crippen LogP contribution in [0.1, 0.15) is 35.8 Å². The molecule has 0 fully saturated rings. The summed E-state index contributed by atoms with van der Waals surface area (Å²) in [6.07, 6.45) is 4.92. The molecule has 9 heteroatoms. The fraction of sp³-hybridized carbons (Fsp3) is 0.391. The van der Waals surface area contributed by atoms with Gasteiger partial charge >= 0.3 is 5.97 Å². The maximum Gasteiger partial charge on any atom is 0.316 e. The number of nitrogens with zero attached hydrogens (tertiary/aromatic N) is 4. The van der Waals surface area contributed by atoms with Gasteiger partial charge in [-0.3, -0.25) is 14.2 Å². The van der Waals surface area contributed by atoms with Gasteiger partial charge in [0.05, 0.1) is 17.7 Å². The quantitative estimate of drug-likeness (QED) is 0.303. The predicted octanol–water partition coefficient (Wildman–Crippen LogP) is 3.88. The molecule has 1 aliphatic rings. The lowest BCUT2D eigenvalue weighted by atomic mass is 9.97. The van der Waals surface area contributed by atoms with Crippen LogP contribution in [0.3, 0.4) is 0 Å². The minimum Gasteiger partial charge on any atom is -0.465 e. The largest absolute Gasteiger partial charge is 0.465 e. The first-order chi connectivity index (χ1) is 15.7. The molecule has 32 heavy (non-hydrogen) atoms. The first kappa shape index (κ1) is 21.2. The number of fused-ring (bicyclic) bond motifs is 5. The van der Waals surface area contributed by atoms with Crippen molar-refractivity contribution in [2.75, 3.05) is 12.4 Å². The van der Waals surface area contributed by atoms with E-state index in [1.54, 1.807) is 22.8 Å². The van der Waals surface area contributed by atoms with Gasteiger partial charge in [-0.25, -0.2) is 4.40 Å². The standard InChI is InChI=1S/C23H24N4O3S2/c1-2-30-18(28)14-31-23-25-24-22-26(13-12-15-8-4-3-5-9-15)20(29)19-16-10-6-7-11-17(16)32-21(19)27(22)23/h3-5,8-9H,2,6-7,10-14H2,1H3. The molecule has 5 rings (SSSR count). The second-order valence-electron chi connectivity index (χ2n) is 7.80. The Bertz CT molecular complexity index is 1340. The number of hydrogen-bond acceptors (Lipinski definition) is 7. The summed E-state index contributed by atoms with van der Waals surface area (Å²) in [6.45, 7) is 2.66. The molecule has 0 unspecified atom stereocenters. The molecule has 0 saturated heterocycles. The van der Waals surface area contributed by atoms with Crippen LogP contribution in [-0.2, 0) is 35.3 Å². The van der Waals surface area contributed by atoms with E-state index in [-0.39, 0.29) is 17.3 Å². The van der Waals surface area contributed by atoms with E-state index in [0.717, 1.165) is 42.3 Å². The van der Waals surface area contributed by atoms with Gasteiger partial charge in [0.15, 0.2) is 5.16 Å². The van der Waals surface area contributed by atoms with Gasteiger partial charge in [0.25, 0.3) is 5.56 Å². The molecule has 166 valence electrons. The maximum atomic E-state index is 13.7. The second-order valence-corrected chi connectivity index (χ2v) is 9.82. The molecule has 0 aliphatic heterocycles. The van der Waals surface area contributed by atoms with Crippen LogP contribution in [0.2, 0.25) is 0 Å². The topological polar surface area (TPSA) is 78.5 Å². The zero-order valence-electron chi connectivity index (χ0n) is 17.9. The maximum absolute atomic E-state index is 13.7. The van der Waals surface area contributed by atoms with E-state index < -0.39 is 0 Å². The Hall–Kier alpha value is -2.65. The lowest BCUT2D eigenvalue weighted by Crippen LogP contribution is -2.24. The van der Waals surface area contributed by atoms with Gasteiger partial charge in [0.2, 0.25) is 5.78 Å². The van der Waals surface area contributed by atoms with Crippen molar-refractivity contribution in [3.63, 3.8) is 0 Å². The number of ether oxygens (including phenoxy) is 1. The molecule has 3 heterocycles. The minimum absolute atomic E-state index is 0.0113. The molecule has 1 aliphatic carbocycles. The molecule has 0 spiro atoms.